The first kappa shape index (κ1) is 11.3. The van der Waals surface area contributed by atoms with Crippen LogP contribution in [0.2, 0.25) is 5.02 Å². The molecule has 0 aliphatic carbocycles. The predicted molar refractivity (Wildman–Crippen MR) is 58.6 cm³/mol. The van der Waals surface area contributed by atoms with Crippen LogP contribution < -0.4 is 11.5 Å². The lowest BCUT2D eigenvalue weighted by Crippen LogP contribution is -2.21. The molecule has 0 unspecified atom stereocenters. The Morgan fingerprint density at radius 2 is 2.00 bits per heavy atom. The molecule has 0 saturated heterocycles. The van der Waals surface area contributed by atoms with Crippen LogP contribution in [0.15, 0.2) is 6.07 Å². The minimum atomic E-state index is -0.369. The molecule has 0 radical (unpaired) electrons. The summed E-state index contributed by atoms with van der Waals surface area (Å²) >= 11 is 5.98. The number of nitrogens with two attached hydrogens (primary N) is 2. The third-order valence-corrected chi connectivity index (χ3v) is 2.88. The van der Waals surface area contributed by atoms with Crippen molar-refractivity contribution in [3.8, 4) is 5.75 Å². The molecule has 78 valence electrons. The standard InChI is InChI=1S/C10H15ClN2O/c1-5-6(2)10(14)7(3-8(5)11)9(13)4-12/h3,9,14H,4,12-13H2,1-2H3/t9-/m0/s1. The molecule has 0 aromatic heterocycles. The number of halogens is 1. The summed E-state index contributed by atoms with van der Waals surface area (Å²) in [5, 5.41) is 10.4. The van der Waals surface area contributed by atoms with Gasteiger partial charge in [0, 0.05) is 23.2 Å². The number of rotatable bonds is 2. The van der Waals surface area contributed by atoms with E-state index >= 15 is 0 Å². The van der Waals surface area contributed by atoms with Crippen LogP contribution in [0.25, 0.3) is 0 Å². The van der Waals surface area contributed by atoms with E-state index in [2.05, 4.69) is 0 Å². The Hall–Kier alpha value is -0.770. The maximum absolute atomic E-state index is 9.81. The van der Waals surface area contributed by atoms with Crippen molar-refractivity contribution in [2.75, 3.05) is 6.54 Å². The van der Waals surface area contributed by atoms with Crippen molar-refractivity contribution in [3.05, 3.63) is 27.8 Å². The first-order valence-corrected chi connectivity index (χ1v) is 4.81. The summed E-state index contributed by atoms with van der Waals surface area (Å²) in [6.07, 6.45) is 0. The highest BCUT2D eigenvalue weighted by Gasteiger charge is 2.14. The average Bonchev–Trinajstić information content (AvgIpc) is 2.19. The van der Waals surface area contributed by atoms with Gasteiger partial charge in [-0.1, -0.05) is 11.6 Å². The van der Waals surface area contributed by atoms with E-state index in [9.17, 15) is 5.11 Å². The van der Waals surface area contributed by atoms with Gasteiger partial charge in [0.15, 0.2) is 0 Å². The zero-order chi connectivity index (χ0) is 10.9. The summed E-state index contributed by atoms with van der Waals surface area (Å²) < 4.78 is 0. The monoisotopic (exact) mass is 214 g/mol. The third kappa shape index (κ3) is 1.85. The third-order valence-electron chi connectivity index (χ3n) is 2.49. The Morgan fingerprint density at radius 3 is 2.50 bits per heavy atom. The molecule has 0 aliphatic heterocycles. The van der Waals surface area contributed by atoms with Crippen LogP contribution in [0.5, 0.6) is 5.75 Å². The predicted octanol–water partition coefficient (Wildman–Crippen LogP) is 1.62. The van der Waals surface area contributed by atoms with Crippen molar-refractivity contribution in [2.24, 2.45) is 11.5 Å². The summed E-state index contributed by atoms with van der Waals surface area (Å²) in [4.78, 5) is 0. The van der Waals surface area contributed by atoms with E-state index in [1.54, 1.807) is 6.07 Å². The molecule has 1 atom stereocenters. The quantitative estimate of drug-likeness (QED) is 0.701. The highest BCUT2D eigenvalue weighted by atomic mass is 35.5. The van der Waals surface area contributed by atoms with Gasteiger partial charge in [-0.2, -0.15) is 0 Å². The maximum atomic E-state index is 9.81. The minimum Gasteiger partial charge on any atom is -0.507 e. The summed E-state index contributed by atoms with van der Waals surface area (Å²) in [5.74, 6) is 0.199. The molecule has 0 fully saturated rings. The SMILES string of the molecule is Cc1c(Cl)cc([C@@H](N)CN)c(O)c1C. The molecule has 4 heteroatoms. The molecule has 0 spiro atoms. The zero-order valence-corrected chi connectivity index (χ0v) is 9.10. The second-order valence-corrected chi connectivity index (χ2v) is 3.80. The largest absolute Gasteiger partial charge is 0.507 e. The van der Waals surface area contributed by atoms with Crippen molar-refractivity contribution >= 4 is 11.6 Å². The fourth-order valence-corrected chi connectivity index (χ4v) is 1.56. The van der Waals surface area contributed by atoms with Gasteiger partial charge in [0.1, 0.15) is 5.75 Å². The first-order chi connectivity index (χ1) is 6.49. The van der Waals surface area contributed by atoms with Crippen molar-refractivity contribution in [1.29, 1.82) is 0 Å². The van der Waals surface area contributed by atoms with Gasteiger partial charge in [0.2, 0.25) is 0 Å². The van der Waals surface area contributed by atoms with Crippen LogP contribution in [0.1, 0.15) is 22.7 Å². The van der Waals surface area contributed by atoms with Gasteiger partial charge in [0.25, 0.3) is 0 Å². The Labute approximate surface area is 88.7 Å². The van der Waals surface area contributed by atoms with Crippen LogP contribution in [-0.2, 0) is 0 Å². The normalized spacial score (nSPS) is 12.9. The summed E-state index contributed by atoms with van der Waals surface area (Å²) in [6, 6.07) is 1.31. The highest BCUT2D eigenvalue weighted by molar-refractivity contribution is 6.31. The fraction of sp³-hybridized carbons (Fsp3) is 0.400. The van der Waals surface area contributed by atoms with Crippen LogP contribution in [0.4, 0.5) is 0 Å². The van der Waals surface area contributed by atoms with Crippen molar-refractivity contribution in [3.63, 3.8) is 0 Å². The van der Waals surface area contributed by atoms with Crippen LogP contribution in [0.3, 0.4) is 0 Å². The molecule has 0 bridgehead atoms. The summed E-state index contributed by atoms with van der Waals surface area (Å²) in [6.45, 7) is 3.95. The molecule has 5 N–H and O–H groups in total. The number of benzene rings is 1. The van der Waals surface area contributed by atoms with Crippen molar-refractivity contribution in [1.82, 2.24) is 0 Å². The summed E-state index contributed by atoms with van der Waals surface area (Å²) in [5.41, 5.74) is 13.4. The lowest BCUT2D eigenvalue weighted by atomic mass is 9.99. The molecule has 0 amide bonds. The number of hydrogen-bond acceptors (Lipinski definition) is 3. The van der Waals surface area contributed by atoms with Gasteiger partial charge in [-0.15, -0.1) is 0 Å². The molecular weight excluding hydrogens is 200 g/mol. The number of phenolic OH excluding ortho intramolecular Hbond substituents is 1. The Kier molecular flexibility index (Phi) is 3.37. The van der Waals surface area contributed by atoms with Crippen molar-refractivity contribution < 1.29 is 5.11 Å². The lowest BCUT2D eigenvalue weighted by molar-refractivity contribution is 0.457. The Morgan fingerprint density at radius 1 is 1.43 bits per heavy atom. The van der Waals surface area contributed by atoms with E-state index in [4.69, 9.17) is 23.1 Å². The number of hydrogen-bond donors (Lipinski definition) is 3. The average molecular weight is 215 g/mol. The van der Waals surface area contributed by atoms with Gasteiger partial charge in [-0.05, 0) is 31.0 Å². The van der Waals surface area contributed by atoms with Crippen LogP contribution in [-0.4, -0.2) is 11.7 Å². The van der Waals surface area contributed by atoms with E-state index in [-0.39, 0.29) is 18.3 Å². The van der Waals surface area contributed by atoms with Gasteiger partial charge in [-0.25, -0.2) is 0 Å². The first-order valence-electron chi connectivity index (χ1n) is 4.43. The Balaban J connectivity index is 3.33. The van der Waals surface area contributed by atoms with E-state index in [1.807, 2.05) is 13.8 Å². The molecular formula is C10H15ClN2O. The van der Waals surface area contributed by atoms with Crippen molar-refractivity contribution in [2.45, 2.75) is 19.9 Å². The lowest BCUT2D eigenvalue weighted by Gasteiger charge is -2.15. The fourth-order valence-electron chi connectivity index (χ4n) is 1.30. The maximum Gasteiger partial charge on any atom is 0.123 e. The van der Waals surface area contributed by atoms with Gasteiger partial charge in [-0.3, -0.25) is 0 Å². The second kappa shape index (κ2) is 4.17. The van der Waals surface area contributed by atoms with E-state index in [1.165, 1.54) is 0 Å². The van der Waals surface area contributed by atoms with Crippen LogP contribution in [0, 0.1) is 13.8 Å². The zero-order valence-electron chi connectivity index (χ0n) is 8.34. The molecule has 0 saturated carbocycles. The van der Waals surface area contributed by atoms with E-state index < -0.39 is 0 Å². The van der Waals surface area contributed by atoms with Gasteiger partial charge in [0.05, 0.1) is 0 Å². The molecule has 0 heterocycles. The summed E-state index contributed by atoms with van der Waals surface area (Å²) in [7, 11) is 0. The highest BCUT2D eigenvalue weighted by Crippen LogP contribution is 2.33. The van der Waals surface area contributed by atoms with Gasteiger partial charge >= 0.3 is 0 Å². The van der Waals surface area contributed by atoms with Crippen LogP contribution >= 0.6 is 11.6 Å². The molecule has 0 aliphatic rings. The smallest absolute Gasteiger partial charge is 0.123 e. The van der Waals surface area contributed by atoms with E-state index in [0.717, 1.165) is 11.1 Å². The second-order valence-electron chi connectivity index (χ2n) is 3.39. The molecule has 1 aromatic rings. The Bertz CT molecular complexity index is 352. The molecule has 1 aromatic carbocycles. The van der Waals surface area contributed by atoms with Gasteiger partial charge < -0.3 is 16.6 Å². The number of phenols is 1. The molecule has 14 heavy (non-hydrogen) atoms. The minimum absolute atomic E-state index is 0.199. The van der Waals surface area contributed by atoms with E-state index in [0.29, 0.717) is 10.6 Å². The molecule has 3 nitrogen and oxygen atoms in total. The molecule has 1 rings (SSSR count). The topological polar surface area (TPSA) is 72.3 Å². The number of aromatic hydroxyl groups is 1.